The first-order valence-electron chi connectivity index (χ1n) is 5.81. The summed E-state index contributed by atoms with van der Waals surface area (Å²) in [6.45, 7) is 1.89. The highest BCUT2D eigenvalue weighted by molar-refractivity contribution is 5.60. The van der Waals surface area contributed by atoms with Crippen LogP contribution in [-0.2, 0) is 0 Å². The fraction of sp³-hybridized carbons (Fsp3) is 0.0769. The lowest BCUT2D eigenvalue weighted by Crippen LogP contribution is -2.00. The highest BCUT2D eigenvalue weighted by atomic mass is 15.4. The molecular formula is C13H12N6. The van der Waals surface area contributed by atoms with Gasteiger partial charge in [-0.2, -0.15) is 5.10 Å². The maximum absolute atomic E-state index is 5.75. The molecule has 0 spiro atoms. The molecule has 94 valence electrons. The summed E-state index contributed by atoms with van der Waals surface area (Å²) in [4.78, 5) is 4.25. The zero-order chi connectivity index (χ0) is 13.2. The molecule has 0 aliphatic rings. The van der Waals surface area contributed by atoms with E-state index in [9.17, 15) is 0 Å². The summed E-state index contributed by atoms with van der Waals surface area (Å²) in [7, 11) is 0. The van der Waals surface area contributed by atoms with Gasteiger partial charge < -0.3 is 5.73 Å². The predicted octanol–water partition coefficient (Wildman–Crippen LogP) is 1.61. The normalized spacial score (nSPS) is 10.6. The van der Waals surface area contributed by atoms with E-state index in [1.165, 1.54) is 0 Å². The Labute approximate surface area is 109 Å². The van der Waals surface area contributed by atoms with E-state index in [0.717, 1.165) is 11.3 Å². The van der Waals surface area contributed by atoms with Crippen molar-refractivity contribution in [3.8, 4) is 17.2 Å². The second-order valence-electron chi connectivity index (χ2n) is 4.17. The molecule has 2 aromatic heterocycles. The fourth-order valence-corrected chi connectivity index (χ4v) is 1.70. The largest absolute Gasteiger partial charge is 0.399 e. The van der Waals surface area contributed by atoms with Gasteiger partial charge >= 0.3 is 0 Å². The van der Waals surface area contributed by atoms with Crippen molar-refractivity contribution in [2.24, 2.45) is 0 Å². The SMILES string of the molecule is Cc1ccc(-n2cnc(-c3cccc(N)c3)n2)nn1. The lowest BCUT2D eigenvalue weighted by Gasteiger charge is -1.98. The molecule has 0 bridgehead atoms. The molecule has 0 saturated heterocycles. The molecule has 2 N–H and O–H groups in total. The number of nitrogens with zero attached hydrogens (tertiary/aromatic N) is 5. The Morgan fingerprint density at radius 2 is 2.00 bits per heavy atom. The third kappa shape index (κ3) is 2.28. The maximum Gasteiger partial charge on any atom is 0.181 e. The van der Waals surface area contributed by atoms with Gasteiger partial charge in [0.25, 0.3) is 0 Å². The molecule has 0 unspecified atom stereocenters. The van der Waals surface area contributed by atoms with Gasteiger partial charge in [-0.25, -0.2) is 9.67 Å². The molecule has 3 aromatic rings. The van der Waals surface area contributed by atoms with E-state index >= 15 is 0 Å². The third-order valence-corrected chi connectivity index (χ3v) is 2.66. The van der Waals surface area contributed by atoms with Crippen molar-refractivity contribution in [1.29, 1.82) is 0 Å². The molecule has 6 nitrogen and oxygen atoms in total. The molecule has 0 aliphatic heterocycles. The molecule has 0 saturated carbocycles. The van der Waals surface area contributed by atoms with E-state index in [0.29, 0.717) is 17.3 Å². The molecule has 0 aliphatic carbocycles. The average Bonchev–Trinajstić information content (AvgIpc) is 2.89. The van der Waals surface area contributed by atoms with Gasteiger partial charge in [-0.05, 0) is 31.2 Å². The number of hydrogen-bond acceptors (Lipinski definition) is 5. The maximum atomic E-state index is 5.75. The lowest BCUT2D eigenvalue weighted by atomic mass is 10.2. The number of rotatable bonds is 2. The van der Waals surface area contributed by atoms with Crippen molar-refractivity contribution in [2.75, 3.05) is 5.73 Å². The van der Waals surface area contributed by atoms with E-state index in [-0.39, 0.29) is 0 Å². The summed E-state index contributed by atoms with van der Waals surface area (Å²) < 4.78 is 1.59. The number of aromatic nitrogens is 5. The van der Waals surface area contributed by atoms with Crippen molar-refractivity contribution in [3.63, 3.8) is 0 Å². The van der Waals surface area contributed by atoms with Crippen LogP contribution in [0.15, 0.2) is 42.7 Å². The van der Waals surface area contributed by atoms with Crippen molar-refractivity contribution in [3.05, 3.63) is 48.4 Å². The quantitative estimate of drug-likeness (QED) is 0.701. The molecule has 2 heterocycles. The molecule has 3 rings (SSSR count). The lowest BCUT2D eigenvalue weighted by molar-refractivity contribution is 0.807. The van der Waals surface area contributed by atoms with E-state index in [1.54, 1.807) is 11.0 Å². The Morgan fingerprint density at radius 1 is 1.11 bits per heavy atom. The van der Waals surface area contributed by atoms with Crippen molar-refractivity contribution < 1.29 is 0 Å². The first kappa shape index (κ1) is 11.3. The second kappa shape index (κ2) is 4.49. The van der Waals surface area contributed by atoms with Gasteiger partial charge in [0, 0.05) is 11.3 Å². The van der Waals surface area contributed by atoms with Crippen LogP contribution >= 0.6 is 0 Å². The second-order valence-corrected chi connectivity index (χ2v) is 4.17. The Hall–Kier alpha value is -2.76. The number of hydrogen-bond donors (Lipinski definition) is 1. The van der Waals surface area contributed by atoms with E-state index in [1.807, 2.05) is 43.3 Å². The molecule has 0 amide bonds. The number of nitrogen functional groups attached to an aromatic ring is 1. The van der Waals surface area contributed by atoms with Crippen LogP contribution in [-0.4, -0.2) is 25.0 Å². The van der Waals surface area contributed by atoms with Crippen molar-refractivity contribution in [2.45, 2.75) is 6.92 Å². The summed E-state index contributed by atoms with van der Waals surface area (Å²) in [5, 5.41) is 12.4. The van der Waals surface area contributed by atoms with Crippen LogP contribution in [0.3, 0.4) is 0 Å². The Morgan fingerprint density at radius 3 is 2.74 bits per heavy atom. The Balaban J connectivity index is 1.97. The summed E-state index contributed by atoms with van der Waals surface area (Å²) in [6, 6.07) is 11.2. The van der Waals surface area contributed by atoms with Gasteiger partial charge in [-0.1, -0.05) is 12.1 Å². The summed E-state index contributed by atoms with van der Waals surface area (Å²) in [5.41, 5.74) is 8.16. The van der Waals surface area contributed by atoms with Crippen LogP contribution in [0.5, 0.6) is 0 Å². The van der Waals surface area contributed by atoms with Gasteiger partial charge in [-0.3, -0.25) is 0 Å². The van der Waals surface area contributed by atoms with E-state index in [2.05, 4.69) is 20.3 Å². The van der Waals surface area contributed by atoms with Gasteiger partial charge in [0.1, 0.15) is 6.33 Å². The third-order valence-electron chi connectivity index (χ3n) is 2.66. The van der Waals surface area contributed by atoms with Crippen LogP contribution in [0.1, 0.15) is 5.69 Å². The minimum absolute atomic E-state index is 0.606. The van der Waals surface area contributed by atoms with E-state index < -0.39 is 0 Å². The zero-order valence-corrected chi connectivity index (χ0v) is 10.4. The molecule has 19 heavy (non-hydrogen) atoms. The van der Waals surface area contributed by atoms with Gasteiger partial charge in [0.15, 0.2) is 11.6 Å². The van der Waals surface area contributed by atoms with Crippen LogP contribution < -0.4 is 5.73 Å². The molecule has 1 aromatic carbocycles. The molecular weight excluding hydrogens is 240 g/mol. The van der Waals surface area contributed by atoms with Gasteiger partial charge in [0.05, 0.1) is 5.69 Å². The highest BCUT2D eigenvalue weighted by Gasteiger charge is 2.06. The number of nitrogens with two attached hydrogens (primary N) is 1. The smallest absolute Gasteiger partial charge is 0.181 e. The van der Waals surface area contributed by atoms with Crippen molar-refractivity contribution >= 4 is 5.69 Å². The number of aryl methyl sites for hydroxylation is 1. The topological polar surface area (TPSA) is 82.5 Å². The Bertz CT molecular complexity index is 701. The first-order chi connectivity index (χ1) is 9.22. The molecule has 0 radical (unpaired) electrons. The molecule has 0 fully saturated rings. The van der Waals surface area contributed by atoms with Gasteiger partial charge in [0.2, 0.25) is 0 Å². The Kier molecular flexibility index (Phi) is 2.68. The molecule has 6 heteroatoms. The number of anilines is 1. The summed E-state index contributed by atoms with van der Waals surface area (Å²) in [5.74, 6) is 1.24. The highest BCUT2D eigenvalue weighted by Crippen LogP contribution is 2.17. The van der Waals surface area contributed by atoms with Gasteiger partial charge in [-0.15, -0.1) is 10.2 Å². The van der Waals surface area contributed by atoms with Crippen LogP contribution in [0, 0.1) is 6.92 Å². The number of benzene rings is 1. The monoisotopic (exact) mass is 252 g/mol. The summed E-state index contributed by atoms with van der Waals surface area (Å²) >= 11 is 0. The predicted molar refractivity (Wildman–Crippen MR) is 71.5 cm³/mol. The average molecular weight is 252 g/mol. The van der Waals surface area contributed by atoms with Crippen LogP contribution in [0.2, 0.25) is 0 Å². The van der Waals surface area contributed by atoms with Crippen LogP contribution in [0.25, 0.3) is 17.2 Å². The van der Waals surface area contributed by atoms with Crippen molar-refractivity contribution in [1.82, 2.24) is 25.0 Å². The van der Waals surface area contributed by atoms with E-state index in [4.69, 9.17) is 5.73 Å². The van der Waals surface area contributed by atoms with Crippen LogP contribution in [0.4, 0.5) is 5.69 Å². The fourth-order valence-electron chi connectivity index (χ4n) is 1.70. The standard InChI is InChI=1S/C13H12N6/c1-9-5-6-12(17-16-9)19-8-15-13(18-19)10-3-2-4-11(14)7-10/h2-8H,14H2,1H3. The minimum Gasteiger partial charge on any atom is -0.399 e. The summed E-state index contributed by atoms with van der Waals surface area (Å²) in [6.07, 6.45) is 1.61. The zero-order valence-electron chi connectivity index (χ0n) is 10.4. The minimum atomic E-state index is 0.606. The first-order valence-corrected chi connectivity index (χ1v) is 5.81. The molecule has 0 atom stereocenters.